The van der Waals surface area contributed by atoms with Crippen molar-refractivity contribution in [3.05, 3.63) is 209 Å². The van der Waals surface area contributed by atoms with Crippen LogP contribution < -0.4 is 42.9 Å². The number of aryl methyl sites for hydroxylation is 4. The van der Waals surface area contributed by atoms with E-state index >= 15 is 8.78 Å². The Balaban J connectivity index is 0.000000238. The summed E-state index contributed by atoms with van der Waals surface area (Å²) >= 11 is 2.00. The number of pyridine rings is 4. The average Bonchev–Trinajstić information content (AvgIpc) is 0.750. The largest absolute Gasteiger partial charge is 0.480 e. The number of nitrogens with zero attached hydrogens (tertiary/aromatic N) is 11. The molecule has 624 valence electrons. The van der Waals surface area contributed by atoms with Crippen molar-refractivity contribution in [1.82, 2.24) is 48.8 Å². The van der Waals surface area contributed by atoms with Gasteiger partial charge in [-0.1, -0.05) is 24.3 Å². The Kier molecular flexibility index (Phi) is 28.5. The number of nitrogens with one attached hydrogen (secondary N) is 2. The number of hydrogen-bond acceptors (Lipinski definition) is 22. The molecule has 8 heterocycles. The molecular weight excluding hydrogens is 1680 g/mol. The van der Waals surface area contributed by atoms with Crippen molar-refractivity contribution in [1.29, 1.82) is 5.26 Å². The number of carbonyl (C=O) groups excluding carboxylic acids is 5. The van der Waals surface area contributed by atoms with Gasteiger partial charge in [0.1, 0.15) is 40.4 Å². The van der Waals surface area contributed by atoms with Gasteiger partial charge in [-0.15, -0.1) is 0 Å². The van der Waals surface area contributed by atoms with E-state index in [1.165, 1.54) is 130 Å². The maximum absolute atomic E-state index is 15.8. The number of carboxylic acids is 1. The van der Waals surface area contributed by atoms with E-state index < -0.39 is 137 Å². The third-order valence-electron chi connectivity index (χ3n) is 18.8. The Morgan fingerprint density at radius 2 is 0.992 bits per heavy atom. The second-order valence-corrected chi connectivity index (χ2v) is 29.6. The fraction of sp³-hybridized carbons (Fsp3) is 0.362. The number of amides is 2. The van der Waals surface area contributed by atoms with Gasteiger partial charge in [0.2, 0.25) is 6.79 Å². The predicted octanol–water partition coefficient (Wildman–Crippen LogP) is 10.1. The Hall–Kier alpha value is -12.1. The Morgan fingerprint density at radius 1 is 0.593 bits per heavy atom. The van der Waals surface area contributed by atoms with Gasteiger partial charge in [-0.2, -0.15) is 31.6 Å². The summed E-state index contributed by atoms with van der Waals surface area (Å²) in [5, 5.41) is 23.4. The van der Waals surface area contributed by atoms with E-state index in [9.17, 15) is 79.4 Å². The Bertz CT molecular complexity index is 5770. The van der Waals surface area contributed by atoms with Crippen molar-refractivity contribution in [2.24, 2.45) is 24.9 Å². The second-order valence-electron chi connectivity index (χ2n) is 29.0. The quantitative estimate of drug-likeness (QED) is 0.0251. The maximum Gasteiger partial charge on any atom is 0.411 e. The number of carbonyl (C=O) groups is 6. The summed E-state index contributed by atoms with van der Waals surface area (Å²) in [5.41, 5.74) is -3.05. The third kappa shape index (κ3) is 20.3. The fourth-order valence-corrected chi connectivity index (χ4v) is 13.2. The topological polar surface area (TPSA) is 363 Å². The van der Waals surface area contributed by atoms with Crippen LogP contribution in [0.5, 0.6) is 0 Å². The molecule has 0 aliphatic carbocycles. The van der Waals surface area contributed by atoms with Gasteiger partial charge in [0.25, 0.3) is 22.9 Å². The molecule has 6 aromatic heterocycles. The van der Waals surface area contributed by atoms with Crippen LogP contribution in [0.15, 0.2) is 141 Å². The van der Waals surface area contributed by atoms with Gasteiger partial charge < -0.3 is 49.2 Å². The minimum atomic E-state index is -4.67. The number of halogens is 9. The van der Waals surface area contributed by atoms with Crippen LogP contribution in [0.4, 0.5) is 46.5 Å². The third-order valence-corrected chi connectivity index (χ3v) is 19.1. The molecule has 3 N–H and O–H groups in total. The van der Waals surface area contributed by atoms with E-state index in [2.05, 4.69) is 30.6 Å². The highest BCUT2D eigenvalue weighted by molar-refractivity contribution is 14.1. The van der Waals surface area contributed by atoms with E-state index in [0.717, 1.165) is 31.1 Å². The molecule has 2 fully saturated rings. The van der Waals surface area contributed by atoms with Crippen LogP contribution in [0, 0.1) is 47.6 Å². The number of ether oxygens (including phenoxy) is 5. The molecule has 2 amide bonds. The zero-order valence-electron chi connectivity index (χ0n) is 65.3. The molecule has 2 aliphatic heterocycles. The minimum absolute atomic E-state index is 0.00115. The fourth-order valence-electron chi connectivity index (χ4n) is 12.9. The van der Waals surface area contributed by atoms with E-state index in [4.69, 9.17) is 28.9 Å². The summed E-state index contributed by atoms with van der Waals surface area (Å²) < 4.78 is 143. The van der Waals surface area contributed by atoms with Crippen LogP contribution in [0.3, 0.4) is 0 Å². The standard InChI is InChI=1S/C39H38F4N6O8.C33H28F4N6O6.C6H11IO2.C2H3N/c1-21-15-23(48-13-14-55-19-30(48)39(41,42)43)17-26(40)31(21)33(50)46-27(35(52)56-20-57-36(53)38(2,3)4)16-22-8-9-28(32-24(22)7-6-11-45-32)49-34(51)25-10-12-44-18-29(25)47(5)37(49)54;1-17-12-19(42-10-11-49-16-26(42)33(35,36)37)14-22(34)27(17)29(44)40-23(31(46)47)13-18-5-6-24(28-20(18)4-3-8-39-28)43-30(45)21-7-9-38-15-25(21)41(2)32(43)48;1-6(2,3)5(8)9-4-7;1-2-3/h6-12,15,17-18,27,30H,13-14,16,19-20H2,1-5H3,(H,46,50);3-9,12,14-15,23,26H,10-11,13,16H2,1-2H3,(H,40,44)(H,46,47);4H2,1-3H3;1H3/t27-,30+;23-,26+;;/m00../s1. The Morgan fingerprint density at radius 3 is 1.36 bits per heavy atom. The molecule has 29 nitrogen and oxygen atoms in total. The van der Waals surface area contributed by atoms with Crippen LogP contribution >= 0.6 is 22.6 Å². The van der Waals surface area contributed by atoms with Crippen LogP contribution in [0.2, 0.25) is 0 Å². The number of aromatic nitrogens is 8. The van der Waals surface area contributed by atoms with Gasteiger partial charge in [0, 0.05) is 93.9 Å². The van der Waals surface area contributed by atoms with E-state index in [1.54, 1.807) is 51.1 Å². The predicted molar refractivity (Wildman–Crippen MR) is 424 cm³/mol. The van der Waals surface area contributed by atoms with Crippen molar-refractivity contribution < 1.29 is 92.7 Å². The van der Waals surface area contributed by atoms with Gasteiger partial charge in [-0.25, -0.2) is 37.1 Å². The van der Waals surface area contributed by atoms with Crippen LogP contribution in [-0.4, -0.2) is 166 Å². The number of hydrogen-bond donors (Lipinski definition) is 3. The molecule has 4 aromatic carbocycles. The molecule has 10 aromatic rings. The molecule has 0 radical (unpaired) electrons. The molecule has 12 rings (SSSR count). The molecule has 2 saturated heterocycles. The number of carboxylic acid groups (broad SMARTS) is 1. The van der Waals surface area contributed by atoms with Gasteiger partial charge in [0.05, 0.1) is 111 Å². The molecule has 0 unspecified atom stereocenters. The first kappa shape index (κ1) is 89.8. The second kappa shape index (κ2) is 37.4. The number of rotatable bonds is 17. The van der Waals surface area contributed by atoms with Crippen LogP contribution in [0.1, 0.15) is 91.4 Å². The summed E-state index contributed by atoms with van der Waals surface area (Å²) in [6.07, 6.45) is -1.41. The molecule has 0 saturated carbocycles. The zero-order chi connectivity index (χ0) is 86.8. The number of aliphatic carboxylic acids is 1. The summed E-state index contributed by atoms with van der Waals surface area (Å²) in [4.78, 5) is 149. The monoisotopic (exact) mass is 1760 g/mol. The molecule has 118 heavy (non-hydrogen) atoms. The highest BCUT2D eigenvalue weighted by Gasteiger charge is 2.47. The number of fused-ring (bicyclic) bond motifs is 4. The van der Waals surface area contributed by atoms with Crippen LogP contribution in [-0.2, 0) is 69.8 Å². The van der Waals surface area contributed by atoms with E-state index in [1.807, 2.05) is 43.4 Å². The van der Waals surface area contributed by atoms with Crippen LogP contribution in [0.25, 0.3) is 55.0 Å². The maximum atomic E-state index is 15.8. The summed E-state index contributed by atoms with van der Waals surface area (Å²) in [5.74, 6) is -7.77. The highest BCUT2D eigenvalue weighted by atomic mass is 127. The minimum Gasteiger partial charge on any atom is -0.480 e. The highest BCUT2D eigenvalue weighted by Crippen LogP contribution is 2.36. The molecule has 4 atom stereocenters. The molecule has 2 aliphatic rings. The first-order chi connectivity index (χ1) is 55.5. The SMILES string of the molecule is CC#N.CC(C)(C)C(=O)OCI.Cc1cc(N2CCOC[C@@H]2C(F)(F)F)cc(F)c1C(=O)N[C@@H](Cc1ccc(-n2c(=O)c3ccncc3n(C)c2=O)c2ncccc12)C(=O)O.Cc1cc(N2CCOC[C@@H]2C(F)(F)F)cc(F)c1C(=O)N[C@@H](Cc1ccc(-n2c(=O)c3ccncc3n(C)c2=O)c2ncccc12)C(=O)OCOC(=O)C(C)(C)C. The molecule has 38 heteroatoms. The lowest BCUT2D eigenvalue weighted by atomic mass is 9.97. The van der Waals surface area contributed by atoms with Crippen molar-refractivity contribution >= 4 is 113 Å². The first-order valence-corrected chi connectivity index (χ1v) is 37.6. The van der Waals surface area contributed by atoms with Gasteiger partial charge in [-0.3, -0.25) is 57.8 Å². The summed E-state index contributed by atoms with van der Waals surface area (Å²) in [7, 11) is 2.98. The van der Waals surface area contributed by atoms with E-state index in [-0.39, 0.29) is 106 Å². The average molecular weight is 1760 g/mol. The van der Waals surface area contributed by atoms with Crippen molar-refractivity contribution in [3.63, 3.8) is 0 Å². The normalized spacial score (nSPS) is 14.9. The number of morpholine rings is 2. The summed E-state index contributed by atoms with van der Waals surface area (Å²) in [6, 6.07) is 14.0. The molecule has 0 spiro atoms. The number of benzene rings is 4. The van der Waals surface area contributed by atoms with Gasteiger partial charge >= 0.3 is 47.6 Å². The Labute approximate surface area is 680 Å². The number of esters is 3. The number of anilines is 2. The lowest BCUT2D eigenvalue weighted by molar-refractivity contribution is -0.174. The first-order valence-electron chi connectivity index (χ1n) is 36.1. The van der Waals surface area contributed by atoms with E-state index in [0.29, 0.717) is 37.5 Å². The summed E-state index contributed by atoms with van der Waals surface area (Å²) in [6.45, 7) is 11.9. The van der Waals surface area contributed by atoms with Crippen molar-refractivity contribution in [2.45, 2.75) is 112 Å². The van der Waals surface area contributed by atoms with Gasteiger partial charge in [0.15, 0.2) is 0 Å². The molecular formula is C80H80F8IN13O16. The lowest BCUT2D eigenvalue weighted by Crippen LogP contribution is -2.53. The number of alkyl halides is 7. The van der Waals surface area contributed by atoms with Crippen molar-refractivity contribution in [3.8, 4) is 17.4 Å². The molecule has 0 bridgehead atoms. The zero-order valence-corrected chi connectivity index (χ0v) is 67.5. The van der Waals surface area contributed by atoms with Gasteiger partial charge in [-0.05, 0) is 161 Å². The lowest BCUT2D eigenvalue weighted by Gasteiger charge is -2.38. The van der Waals surface area contributed by atoms with Crippen molar-refractivity contribution in [2.75, 3.05) is 60.7 Å². The smallest absolute Gasteiger partial charge is 0.411 e. The number of nitriles is 1.